The monoisotopic (exact) mass is 648 g/mol. The second-order valence-electron chi connectivity index (χ2n) is 16.6. The first-order chi connectivity index (χ1) is 20.7. The molecule has 0 radical (unpaired) electrons. The molecule has 2 bridgehead atoms. The van der Waals surface area contributed by atoms with Crippen LogP contribution in [-0.4, -0.2) is 92.4 Å². The van der Waals surface area contributed by atoms with Gasteiger partial charge >= 0.3 is 13.2 Å². The molecule has 3 amide bonds. The number of ether oxygens (including phenoxy) is 1. The summed E-state index contributed by atoms with van der Waals surface area (Å²) in [7, 11) is -2.41. The van der Waals surface area contributed by atoms with Crippen molar-refractivity contribution in [3.63, 3.8) is 0 Å². The van der Waals surface area contributed by atoms with Gasteiger partial charge in [0.15, 0.2) is 5.96 Å². The van der Waals surface area contributed by atoms with Crippen LogP contribution in [0.3, 0.4) is 0 Å². The minimum absolute atomic E-state index is 0.0254. The lowest BCUT2D eigenvalue weighted by atomic mass is 9.45. The molecule has 0 unspecified atom stereocenters. The lowest BCUT2D eigenvalue weighted by Crippen LogP contribution is -2.63. The number of guanidine groups is 1. The maximum absolute atomic E-state index is 14.0. The highest BCUT2D eigenvalue weighted by atomic mass is 28.3. The Balaban J connectivity index is 1.49. The van der Waals surface area contributed by atoms with Gasteiger partial charge in [-0.2, -0.15) is 0 Å². The Morgan fingerprint density at radius 3 is 2.44 bits per heavy atom. The first kappa shape index (κ1) is 35.5. The molecule has 5 fully saturated rings. The number of amides is 3. The van der Waals surface area contributed by atoms with E-state index in [0.717, 1.165) is 12.8 Å². The Labute approximate surface area is 270 Å². The van der Waals surface area contributed by atoms with E-state index < -0.39 is 50.5 Å². The number of rotatable bonds is 11. The zero-order valence-electron chi connectivity index (χ0n) is 28.9. The molecule has 0 aromatic rings. The van der Waals surface area contributed by atoms with Gasteiger partial charge in [-0.25, -0.2) is 4.79 Å². The van der Waals surface area contributed by atoms with E-state index in [1.54, 1.807) is 25.7 Å². The van der Waals surface area contributed by atoms with Crippen molar-refractivity contribution >= 4 is 39.1 Å². The van der Waals surface area contributed by atoms with Gasteiger partial charge < -0.3 is 41.0 Å². The van der Waals surface area contributed by atoms with Crippen LogP contribution in [0.15, 0.2) is 4.99 Å². The number of nitrogens with two attached hydrogens (primary N) is 2. The number of carbonyl (C=O) groups is 3. The third-order valence-electron chi connectivity index (χ3n) is 10.1. The zero-order valence-corrected chi connectivity index (χ0v) is 29.9. The zero-order chi connectivity index (χ0) is 33.5. The number of likely N-dealkylation sites (tertiary alicyclic amines) is 1. The maximum Gasteiger partial charge on any atom is 0.481 e. The molecule has 7 atom stereocenters. The molecular weight excluding hydrogens is 591 g/mol. The Morgan fingerprint density at radius 1 is 1.16 bits per heavy atom. The predicted octanol–water partition coefficient (Wildman–Crippen LogP) is 3.01. The molecule has 0 aromatic heterocycles. The molecule has 45 heavy (non-hydrogen) atoms. The smallest absolute Gasteiger partial charge is 0.444 e. The third kappa shape index (κ3) is 8.35. The summed E-state index contributed by atoms with van der Waals surface area (Å²) in [4.78, 5) is 46.4. The van der Waals surface area contributed by atoms with Gasteiger partial charge in [0, 0.05) is 21.2 Å². The number of aliphatic imine (C=N–C) groups is 1. The van der Waals surface area contributed by atoms with Crippen LogP contribution in [0, 0.1) is 17.3 Å². The van der Waals surface area contributed by atoms with Gasteiger partial charge in [0.05, 0.1) is 17.6 Å². The molecule has 254 valence electrons. The summed E-state index contributed by atoms with van der Waals surface area (Å²) in [5.74, 6) is 0.0975. The van der Waals surface area contributed by atoms with Crippen molar-refractivity contribution in [1.82, 2.24) is 15.5 Å². The second-order valence-corrected chi connectivity index (χ2v) is 22.2. The van der Waals surface area contributed by atoms with Crippen LogP contribution in [0.2, 0.25) is 25.7 Å². The molecule has 0 spiro atoms. The topological polar surface area (TPSA) is 171 Å². The van der Waals surface area contributed by atoms with Crippen LogP contribution >= 0.6 is 0 Å². The minimum Gasteiger partial charge on any atom is -0.444 e. The Bertz CT molecular complexity index is 1150. The largest absolute Gasteiger partial charge is 0.481 e. The molecule has 2 aliphatic heterocycles. The number of hydrogen-bond donors (Lipinski definition) is 4. The fourth-order valence-electron chi connectivity index (χ4n) is 7.76. The fourth-order valence-corrected chi connectivity index (χ4v) is 9.26. The van der Waals surface area contributed by atoms with E-state index in [-0.39, 0.29) is 29.3 Å². The molecular formula is C31H57BN6O6Si. The van der Waals surface area contributed by atoms with Crippen LogP contribution in [-0.2, 0) is 23.6 Å². The number of carbonyl (C=O) groups excluding carboxylic acids is 3. The summed E-state index contributed by atoms with van der Waals surface area (Å²) in [6.45, 7) is 19.4. The van der Waals surface area contributed by atoms with E-state index >= 15 is 0 Å². The average Bonchev–Trinajstić information content (AvgIpc) is 3.51. The van der Waals surface area contributed by atoms with Crippen LogP contribution in [0.4, 0.5) is 4.79 Å². The minimum atomic E-state index is -1.79. The molecule has 14 heteroatoms. The van der Waals surface area contributed by atoms with Crippen LogP contribution in [0.25, 0.3) is 0 Å². The van der Waals surface area contributed by atoms with Gasteiger partial charge in [-0.3, -0.25) is 14.6 Å². The SMILES string of the molecule is CC(C)(C)OC(=O)N[C@H](C[Si](C)(C)C)C(=O)N1CCC[C@H]1C(=O)N[C@@H](CCCN=C(N)N)B1O[C@@H]2[C@H]3C[C@@H](C[C@]2(C)O1)C3(C)C. The summed E-state index contributed by atoms with van der Waals surface area (Å²) < 4.78 is 18.8. The van der Waals surface area contributed by atoms with E-state index in [1.165, 1.54) is 0 Å². The van der Waals surface area contributed by atoms with E-state index in [9.17, 15) is 14.4 Å². The van der Waals surface area contributed by atoms with Crippen molar-refractivity contribution in [3.05, 3.63) is 0 Å². The molecule has 0 aromatic carbocycles. The van der Waals surface area contributed by atoms with E-state index in [0.29, 0.717) is 56.7 Å². The van der Waals surface area contributed by atoms with Crippen molar-refractivity contribution in [2.24, 2.45) is 33.7 Å². The quantitative estimate of drug-likeness (QED) is 0.115. The normalized spacial score (nSPS) is 30.1. The van der Waals surface area contributed by atoms with Crippen molar-refractivity contribution < 1.29 is 28.4 Å². The molecule has 3 saturated carbocycles. The maximum atomic E-state index is 14.0. The Morgan fingerprint density at radius 2 is 1.84 bits per heavy atom. The van der Waals surface area contributed by atoms with E-state index in [1.807, 2.05) is 0 Å². The van der Waals surface area contributed by atoms with Crippen molar-refractivity contribution in [2.75, 3.05) is 13.1 Å². The standard InChI is InChI=1S/C31H57BN6O6Si/c1-29(2,3)42-28(41)36-21(18-45(7,8)9)26(40)38-15-11-12-22(38)25(39)37-23(13-10-14-35-27(33)34)32-43-24-20-16-19(30(20,4)5)17-31(24,6)44-32/h19-24H,10-18H2,1-9H3,(H,36,41)(H,37,39)(H4,33,34,35)/t19-,20+,21+,22-,23-,24+,31-/m0/s1. The highest BCUT2D eigenvalue weighted by Crippen LogP contribution is 2.64. The van der Waals surface area contributed by atoms with Crippen LogP contribution in [0.5, 0.6) is 0 Å². The number of nitrogens with one attached hydrogen (secondary N) is 2. The van der Waals surface area contributed by atoms with Crippen LogP contribution in [0.1, 0.15) is 80.1 Å². The summed E-state index contributed by atoms with van der Waals surface area (Å²) >= 11 is 0. The van der Waals surface area contributed by atoms with E-state index in [4.69, 9.17) is 25.5 Å². The molecule has 3 aliphatic carbocycles. The average molecular weight is 649 g/mol. The number of nitrogens with zero attached hydrogens (tertiary/aromatic N) is 2. The summed E-state index contributed by atoms with van der Waals surface area (Å²) in [5.41, 5.74) is 10.2. The first-order valence-electron chi connectivity index (χ1n) is 16.7. The lowest BCUT2D eigenvalue weighted by molar-refractivity contribution is -0.185. The molecule has 6 N–H and O–H groups in total. The van der Waals surface area contributed by atoms with Gasteiger partial charge in [0.1, 0.15) is 17.7 Å². The van der Waals surface area contributed by atoms with Gasteiger partial charge in [0.25, 0.3) is 0 Å². The van der Waals surface area contributed by atoms with Crippen molar-refractivity contribution in [2.45, 2.75) is 141 Å². The summed E-state index contributed by atoms with van der Waals surface area (Å²) in [6, 6.07) is -0.894. The molecule has 2 heterocycles. The highest BCUT2D eigenvalue weighted by Gasteiger charge is 2.67. The number of hydrogen-bond acceptors (Lipinski definition) is 7. The molecule has 5 rings (SSSR count). The Hall–Kier alpha value is -2.32. The van der Waals surface area contributed by atoms with Crippen molar-refractivity contribution in [1.29, 1.82) is 0 Å². The molecule has 5 aliphatic rings. The van der Waals surface area contributed by atoms with Crippen LogP contribution < -0.4 is 22.1 Å². The summed E-state index contributed by atoms with van der Waals surface area (Å²) in [5, 5.41) is 6.03. The van der Waals surface area contributed by atoms with Gasteiger partial charge in [-0.05, 0) is 89.5 Å². The predicted molar refractivity (Wildman–Crippen MR) is 178 cm³/mol. The Kier molecular flexibility index (Phi) is 10.3. The first-order valence-corrected chi connectivity index (χ1v) is 20.4. The lowest BCUT2D eigenvalue weighted by Gasteiger charge is -2.63. The number of alkyl carbamates (subject to hydrolysis) is 1. The van der Waals surface area contributed by atoms with Gasteiger partial charge in [-0.1, -0.05) is 33.5 Å². The van der Waals surface area contributed by atoms with E-state index in [2.05, 4.69) is 56.0 Å². The second kappa shape index (κ2) is 13.1. The molecule has 12 nitrogen and oxygen atoms in total. The molecule has 2 saturated heterocycles. The highest BCUT2D eigenvalue weighted by molar-refractivity contribution is 6.76. The fraction of sp³-hybridized carbons (Fsp3) is 0.871. The van der Waals surface area contributed by atoms with Crippen molar-refractivity contribution in [3.8, 4) is 0 Å². The third-order valence-corrected chi connectivity index (χ3v) is 11.7. The summed E-state index contributed by atoms with van der Waals surface area (Å²) in [6.07, 6.45) is 3.80. The van der Waals surface area contributed by atoms with Gasteiger partial charge in [0.2, 0.25) is 11.8 Å². The van der Waals surface area contributed by atoms with Gasteiger partial charge in [-0.15, -0.1) is 0 Å².